The summed E-state index contributed by atoms with van der Waals surface area (Å²) in [6.45, 7) is 0.754. The number of aryl methyl sites for hydroxylation is 1. The van der Waals surface area contributed by atoms with Crippen LogP contribution >= 0.6 is 0 Å². The molecule has 1 heterocycles. The summed E-state index contributed by atoms with van der Waals surface area (Å²) in [6, 6.07) is 22.2. The third-order valence-electron chi connectivity index (χ3n) is 9.74. The van der Waals surface area contributed by atoms with E-state index in [1.165, 1.54) is 38.2 Å². The molecule has 2 fully saturated rings. The Morgan fingerprint density at radius 3 is 2.29 bits per heavy atom. The van der Waals surface area contributed by atoms with Gasteiger partial charge < -0.3 is 10.0 Å². The van der Waals surface area contributed by atoms with Crippen molar-refractivity contribution in [3.05, 3.63) is 107 Å². The summed E-state index contributed by atoms with van der Waals surface area (Å²) < 4.78 is 39.4. The molecule has 0 spiro atoms. The number of rotatable bonds is 12. The van der Waals surface area contributed by atoms with E-state index in [9.17, 15) is 27.9 Å². The SMILES string of the molecule is O=C(C[C@@H](Cc1ccccc1)[C@H](O)CCCc1cccc(C(F)(F)F)c1)c1cccc(C(=O)N2CCCC2C2CCCCC2)c1. The number of nitrogens with zero attached hydrogens (tertiary/aromatic N) is 1. The Kier molecular flexibility index (Phi) is 11.1. The predicted octanol–water partition coefficient (Wildman–Crippen LogP) is 8.71. The van der Waals surface area contributed by atoms with E-state index in [-0.39, 0.29) is 30.1 Å². The molecule has 2 aliphatic rings. The average molecular weight is 620 g/mol. The molecule has 45 heavy (non-hydrogen) atoms. The van der Waals surface area contributed by atoms with Gasteiger partial charge in [0.2, 0.25) is 0 Å². The molecule has 3 aromatic carbocycles. The number of Topliss-reactive ketones (excluding diaryl/α,β-unsaturated/α-hetero) is 1. The van der Waals surface area contributed by atoms with Gasteiger partial charge in [-0.25, -0.2) is 0 Å². The van der Waals surface area contributed by atoms with E-state index in [2.05, 4.69) is 0 Å². The predicted molar refractivity (Wildman–Crippen MR) is 170 cm³/mol. The lowest BCUT2D eigenvalue weighted by Crippen LogP contribution is -2.40. The number of likely N-dealkylation sites (tertiary alicyclic amines) is 1. The van der Waals surface area contributed by atoms with E-state index >= 15 is 0 Å². The Labute approximate surface area is 264 Å². The number of carbonyl (C=O) groups excluding carboxylic acids is 2. The molecule has 4 nitrogen and oxygen atoms in total. The van der Waals surface area contributed by atoms with Crippen LogP contribution in [-0.4, -0.2) is 40.4 Å². The minimum Gasteiger partial charge on any atom is -0.393 e. The molecule has 1 saturated carbocycles. The molecule has 3 aromatic rings. The number of halogens is 3. The number of alkyl halides is 3. The van der Waals surface area contributed by atoms with Crippen molar-refractivity contribution in [2.75, 3.05) is 6.54 Å². The number of benzene rings is 3. The maximum Gasteiger partial charge on any atom is 0.416 e. The standard InChI is InChI=1S/C38H44F3NO3/c39-38(40,41)33-19-7-13-28(24-33)14-8-21-35(43)32(23-27-11-3-1-4-12-27)26-36(44)30-17-9-18-31(25-30)37(45)42-22-10-20-34(42)29-15-5-2-6-16-29/h1,3-4,7,9,11-13,17-19,24-25,29,32,34-35,43H,2,5-6,8,10,14-16,20-23,26H2/t32-,34?,35-/m1/s1. The largest absolute Gasteiger partial charge is 0.416 e. The van der Waals surface area contributed by atoms with Crippen LogP contribution in [-0.2, 0) is 19.0 Å². The molecule has 0 bridgehead atoms. The van der Waals surface area contributed by atoms with Gasteiger partial charge in [-0.2, -0.15) is 13.2 Å². The lowest BCUT2D eigenvalue weighted by atomic mass is 9.83. The molecule has 1 unspecified atom stereocenters. The number of aliphatic hydroxyl groups excluding tert-OH is 1. The van der Waals surface area contributed by atoms with Crippen molar-refractivity contribution in [3.63, 3.8) is 0 Å². The van der Waals surface area contributed by atoms with E-state index in [1.807, 2.05) is 35.2 Å². The minimum atomic E-state index is -4.40. The van der Waals surface area contributed by atoms with Crippen LogP contribution in [0, 0.1) is 11.8 Å². The zero-order chi connectivity index (χ0) is 31.8. The fraction of sp³-hybridized carbons (Fsp3) is 0.474. The Morgan fingerprint density at radius 1 is 0.822 bits per heavy atom. The molecule has 1 amide bonds. The Morgan fingerprint density at radius 2 is 1.53 bits per heavy atom. The van der Waals surface area contributed by atoms with E-state index < -0.39 is 17.8 Å². The van der Waals surface area contributed by atoms with Crippen molar-refractivity contribution < 1.29 is 27.9 Å². The van der Waals surface area contributed by atoms with Gasteiger partial charge in [0.25, 0.3) is 5.91 Å². The van der Waals surface area contributed by atoms with E-state index in [0.29, 0.717) is 48.3 Å². The molecular formula is C38H44F3NO3. The first kappa shape index (κ1) is 32.9. The van der Waals surface area contributed by atoms with Gasteiger partial charge in [-0.3, -0.25) is 9.59 Å². The van der Waals surface area contributed by atoms with Gasteiger partial charge in [0.05, 0.1) is 11.7 Å². The van der Waals surface area contributed by atoms with Crippen molar-refractivity contribution in [1.29, 1.82) is 0 Å². The lowest BCUT2D eigenvalue weighted by Gasteiger charge is -2.34. The number of aliphatic hydroxyl groups is 1. The second kappa shape index (κ2) is 15.2. The molecule has 240 valence electrons. The highest BCUT2D eigenvalue weighted by Gasteiger charge is 2.36. The van der Waals surface area contributed by atoms with Gasteiger partial charge in [-0.05, 0) is 92.5 Å². The van der Waals surface area contributed by atoms with Crippen molar-refractivity contribution >= 4 is 11.7 Å². The topological polar surface area (TPSA) is 57.6 Å². The van der Waals surface area contributed by atoms with Crippen LogP contribution in [0.5, 0.6) is 0 Å². The summed E-state index contributed by atoms with van der Waals surface area (Å²) in [6.07, 6.45) is 4.78. The molecule has 3 atom stereocenters. The van der Waals surface area contributed by atoms with Crippen LogP contribution in [0.3, 0.4) is 0 Å². The zero-order valence-corrected chi connectivity index (χ0v) is 25.9. The van der Waals surface area contributed by atoms with Gasteiger partial charge in [-0.1, -0.05) is 79.9 Å². The third kappa shape index (κ3) is 8.84. The summed E-state index contributed by atoms with van der Waals surface area (Å²) in [5.74, 6) is 0.0415. The Bertz CT molecular complexity index is 1420. The summed E-state index contributed by atoms with van der Waals surface area (Å²) in [4.78, 5) is 29.3. The van der Waals surface area contributed by atoms with Crippen LogP contribution in [0.15, 0.2) is 78.9 Å². The molecule has 1 aliphatic heterocycles. The van der Waals surface area contributed by atoms with Gasteiger partial charge >= 0.3 is 6.18 Å². The van der Waals surface area contributed by atoms with E-state index in [1.54, 1.807) is 30.3 Å². The number of amides is 1. The quantitative estimate of drug-likeness (QED) is 0.206. The molecule has 5 rings (SSSR count). The fourth-order valence-electron chi connectivity index (χ4n) is 7.32. The smallest absolute Gasteiger partial charge is 0.393 e. The molecule has 1 saturated heterocycles. The van der Waals surface area contributed by atoms with Crippen LogP contribution < -0.4 is 0 Å². The van der Waals surface area contributed by atoms with Crippen molar-refractivity contribution in [2.24, 2.45) is 11.8 Å². The van der Waals surface area contributed by atoms with Gasteiger partial charge in [0.1, 0.15) is 0 Å². The number of carbonyl (C=O) groups is 2. The average Bonchev–Trinajstić information content (AvgIpc) is 3.55. The van der Waals surface area contributed by atoms with Crippen LogP contribution in [0.4, 0.5) is 13.2 Å². The van der Waals surface area contributed by atoms with E-state index in [4.69, 9.17) is 0 Å². The monoisotopic (exact) mass is 619 g/mol. The number of ketones is 1. The van der Waals surface area contributed by atoms with Crippen molar-refractivity contribution in [1.82, 2.24) is 4.90 Å². The second-order valence-electron chi connectivity index (χ2n) is 12.9. The summed E-state index contributed by atoms with van der Waals surface area (Å²) in [5, 5.41) is 11.3. The minimum absolute atomic E-state index is 0.00631. The highest BCUT2D eigenvalue weighted by molar-refractivity contribution is 6.00. The first-order valence-corrected chi connectivity index (χ1v) is 16.5. The molecule has 0 radical (unpaired) electrons. The highest BCUT2D eigenvalue weighted by atomic mass is 19.4. The van der Waals surface area contributed by atoms with Crippen molar-refractivity contribution in [2.45, 2.75) is 95.4 Å². The molecular weight excluding hydrogens is 575 g/mol. The number of hydrogen-bond donors (Lipinski definition) is 1. The Balaban J connectivity index is 1.25. The van der Waals surface area contributed by atoms with Crippen LogP contribution in [0.25, 0.3) is 0 Å². The molecule has 0 aromatic heterocycles. The lowest BCUT2D eigenvalue weighted by molar-refractivity contribution is -0.137. The van der Waals surface area contributed by atoms with Crippen LogP contribution in [0.2, 0.25) is 0 Å². The van der Waals surface area contributed by atoms with E-state index in [0.717, 1.165) is 37.1 Å². The number of hydrogen-bond acceptors (Lipinski definition) is 3. The summed E-state index contributed by atoms with van der Waals surface area (Å²) in [7, 11) is 0. The fourth-order valence-corrected chi connectivity index (χ4v) is 7.32. The first-order valence-electron chi connectivity index (χ1n) is 16.5. The van der Waals surface area contributed by atoms with Crippen molar-refractivity contribution in [3.8, 4) is 0 Å². The molecule has 1 N–H and O–H groups in total. The molecule has 1 aliphatic carbocycles. The first-order chi connectivity index (χ1) is 21.7. The summed E-state index contributed by atoms with van der Waals surface area (Å²) >= 11 is 0. The maximum atomic E-state index is 13.7. The second-order valence-corrected chi connectivity index (χ2v) is 12.9. The molecule has 7 heteroatoms. The maximum absolute atomic E-state index is 13.7. The summed E-state index contributed by atoms with van der Waals surface area (Å²) in [5.41, 5.74) is 1.88. The van der Waals surface area contributed by atoms with Gasteiger partial charge in [0.15, 0.2) is 5.78 Å². The zero-order valence-electron chi connectivity index (χ0n) is 25.9. The van der Waals surface area contributed by atoms with Gasteiger partial charge in [-0.15, -0.1) is 0 Å². The van der Waals surface area contributed by atoms with Crippen LogP contribution in [0.1, 0.15) is 102 Å². The third-order valence-corrected chi connectivity index (χ3v) is 9.74. The highest BCUT2D eigenvalue weighted by Crippen LogP contribution is 2.35. The Hall–Kier alpha value is -3.45. The van der Waals surface area contributed by atoms with Gasteiger partial charge in [0, 0.05) is 30.1 Å². The normalized spacial score (nSPS) is 18.9.